The first-order valence-corrected chi connectivity index (χ1v) is 10.3. The van der Waals surface area contributed by atoms with Gasteiger partial charge in [0.1, 0.15) is 23.0 Å². The highest BCUT2D eigenvalue weighted by atomic mass is 19.4. The number of aromatic nitrogens is 6. The van der Waals surface area contributed by atoms with E-state index in [2.05, 4.69) is 20.4 Å². The molecule has 34 heavy (non-hydrogen) atoms. The second-order valence-electron chi connectivity index (χ2n) is 8.18. The number of carbonyl (C=O) groups excluding carboxylic acids is 1. The van der Waals surface area contributed by atoms with Crippen molar-refractivity contribution in [2.24, 2.45) is 14.1 Å². The SMILES string of the molecule is CC1c2nn(C)c(-c3cc(C(F)(F)F)n(C)n3)c2CCN1C(=O)c1n[nH]c2cc(F)cc(F)c12. The van der Waals surface area contributed by atoms with Crippen LogP contribution < -0.4 is 0 Å². The topological polar surface area (TPSA) is 84.6 Å². The van der Waals surface area contributed by atoms with E-state index in [4.69, 9.17) is 0 Å². The van der Waals surface area contributed by atoms with Crippen molar-refractivity contribution in [2.45, 2.75) is 25.6 Å². The molecule has 0 spiro atoms. The summed E-state index contributed by atoms with van der Waals surface area (Å²) in [6.07, 6.45) is -4.26. The fraction of sp³-hybridized carbons (Fsp3) is 0.333. The van der Waals surface area contributed by atoms with Crippen LogP contribution in [-0.4, -0.2) is 47.1 Å². The van der Waals surface area contributed by atoms with Gasteiger partial charge < -0.3 is 4.90 Å². The van der Waals surface area contributed by atoms with Crippen LogP contribution in [0.1, 0.15) is 40.4 Å². The quantitative estimate of drug-likeness (QED) is 0.444. The predicted molar refractivity (Wildman–Crippen MR) is 110 cm³/mol. The molecule has 1 aliphatic heterocycles. The van der Waals surface area contributed by atoms with Gasteiger partial charge in [-0.05, 0) is 25.5 Å². The van der Waals surface area contributed by atoms with Crippen LogP contribution in [0.4, 0.5) is 22.0 Å². The molecule has 0 radical (unpaired) electrons. The minimum Gasteiger partial charge on any atom is -0.328 e. The van der Waals surface area contributed by atoms with E-state index in [0.717, 1.165) is 16.8 Å². The number of aryl methyl sites for hydroxylation is 2. The number of amides is 1. The monoisotopic (exact) mass is 479 g/mol. The zero-order chi connectivity index (χ0) is 24.5. The van der Waals surface area contributed by atoms with E-state index in [1.54, 1.807) is 14.0 Å². The molecule has 1 amide bonds. The van der Waals surface area contributed by atoms with E-state index < -0.39 is 35.5 Å². The molecule has 0 saturated heterocycles. The Morgan fingerprint density at radius 1 is 1.12 bits per heavy atom. The van der Waals surface area contributed by atoms with Crippen molar-refractivity contribution in [1.82, 2.24) is 34.7 Å². The molecule has 1 N–H and O–H groups in total. The normalized spacial score (nSPS) is 16.4. The van der Waals surface area contributed by atoms with Gasteiger partial charge >= 0.3 is 6.18 Å². The maximum atomic E-state index is 14.4. The zero-order valence-corrected chi connectivity index (χ0v) is 18.2. The van der Waals surface area contributed by atoms with E-state index >= 15 is 0 Å². The first-order chi connectivity index (χ1) is 16.0. The van der Waals surface area contributed by atoms with Gasteiger partial charge in [-0.25, -0.2) is 8.78 Å². The summed E-state index contributed by atoms with van der Waals surface area (Å²) in [5.41, 5.74) is 0.739. The third-order valence-corrected chi connectivity index (χ3v) is 6.10. The lowest BCUT2D eigenvalue weighted by Gasteiger charge is -2.32. The Bertz CT molecular complexity index is 1450. The number of alkyl halides is 3. The number of fused-ring (bicyclic) bond motifs is 2. The van der Waals surface area contributed by atoms with E-state index in [0.29, 0.717) is 29.4 Å². The minimum atomic E-state index is -4.56. The van der Waals surface area contributed by atoms with Crippen molar-refractivity contribution in [1.29, 1.82) is 0 Å². The predicted octanol–water partition coefficient (Wildman–Crippen LogP) is 3.75. The molecular weight excluding hydrogens is 461 g/mol. The van der Waals surface area contributed by atoms with Crippen molar-refractivity contribution < 1.29 is 26.7 Å². The minimum absolute atomic E-state index is 0.0574. The molecule has 178 valence electrons. The Balaban J connectivity index is 1.52. The summed E-state index contributed by atoms with van der Waals surface area (Å²) < 4.78 is 69.9. The molecular formula is C21H18F5N7O. The Labute approximate surface area is 189 Å². The van der Waals surface area contributed by atoms with Crippen LogP contribution in [0, 0.1) is 11.6 Å². The fourth-order valence-electron chi connectivity index (χ4n) is 4.56. The third kappa shape index (κ3) is 3.25. The van der Waals surface area contributed by atoms with Gasteiger partial charge in [-0.15, -0.1) is 0 Å². The summed E-state index contributed by atoms with van der Waals surface area (Å²) in [6, 6.07) is 2.13. The Morgan fingerprint density at radius 3 is 2.53 bits per heavy atom. The smallest absolute Gasteiger partial charge is 0.328 e. The number of H-pyrrole nitrogens is 1. The number of halogens is 5. The van der Waals surface area contributed by atoms with Gasteiger partial charge in [-0.1, -0.05) is 0 Å². The van der Waals surface area contributed by atoms with Crippen LogP contribution in [0.2, 0.25) is 0 Å². The number of carbonyl (C=O) groups is 1. The molecule has 0 aliphatic carbocycles. The summed E-state index contributed by atoms with van der Waals surface area (Å²) in [6.45, 7) is 1.92. The summed E-state index contributed by atoms with van der Waals surface area (Å²) in [5.74, 6) is -2.28. The lowest BCUT2D eigenvalue weighted by molar-refractivity contribution is -0.143. The van der Waals surface area contributed by atoms with Gasteiger partial charge in [0.15, 0.2) is 5.69 Å². The molecule has 4 heterocycles. The molecule has 1 aliphatic rings. The molecule has 1 atom stereocenters. The van der Waals surface area contributed by atoms with E-state index in [9.17, 15) is 26.7 Å². The average molecular weight is 479 g/mol. The van der Waals surface area contributed by atoms with Gasteiger partial charge in [0.25, 0.3) is 5.91 Å². The summed E-state index contributed by atoms with van der Waals surface area (Å²) in [7, 11) is 2.82. The average Bonchev–Trinajstić information content (AvgIpc) is 3.42. The molecule has 1 aromatic carbocycles. The van der Waals surface area contributed by atoms with Gasteiger partial charge in [-0.3, -0.25) is 19.3 Å². The highest BCUT2D eigenvalue weighted by Crippen LogP contribution is 2.38. The number of nitrogens with zero attached hydrogens (tertiary/aromatic N) is 6. The summed E-state index contributed by atoms with van der Waals surface area (Å²) in [5, 5.41) is 14.8. The largest absolute Gasteiger partial charge is 0.433 e. The molecule has 5 rings (SSSR count). The highest BCUT2D eigenvalue weighted by Gasteiger charge is 2.38. The molecule has 0 saturated carbocycles. The Morgan fingerprint density at radius 2 is 1.85 bits per heavy atom. The lowest BCUT2D eigenvalue weighted by Crippen LogP contribution is -2.39. The van der Waals surface area contributed by atoms with E-state index in [1.165, 1.54) is 16.6 Å². The van der Waals surface area contributed by atoms with Gasteiger partial charge in [0, 0.05) is 32.3 Å². The van der Waals surface area contributed by atoms with Crippen LogP contribution in [0.25, 0.3) is 22.3 Å². The van der Waals surface area contributed by atoms with Crippen molar-refractivity contribution in [3.63, 3.8) is 0 Å². The summed E-state index contributed by atoms with van der Waals surface area (Å²) in [4.78, 5) is 14.7. The highest BCUT2D eigenvalue weighted by molar-refractivity contribution is 6.05. The number of hydrogen-bond acceptors (Lipinski definition) is 4. The van der Waals surface area contributed by atoms with Crippen LogP contribution in [0.3, 0.4) is 0 Å². The molecule has 4 aromatic rings. The number of benzene rings is 1. The molecule has 13 heteroatoms. The van der Waals surface area contributed by atoms with Crippen LogP contribution in [-0.2, 0) is 26.7 Å². The first-order valence-electron chi connectivity index (χ1n) is 10.3. The maximum Gasteiger partial charge on any atom is 0.433 e. The molecule has 8 nitrogen and oxygen atoms in total. The van der Waals surface area contributed by atoms with Crippen molar-refractivity contribution in [2.75, 3.05) is 6.54 Å². The van der Waals surface area contributed by atoms with Crippen LogP contribution in [0.15, 0.2) is 18.2 Å². The number of rotatable bonds is 2. The van der Waals surface area contributed by atoms with Gasteiger partial charge in [-0.2, -0.15) is 28.5 Å². The second kappa shape index (κ2) is 7.37. The summed E-state index contributed by atoms with van der Waals surface area (Å²) >= 11 is 0. The standard InChI is InChI=1S/C21H18F5N7O/c1-9-17-11(19(32(3)30-17)14-8-15(21(24,25)26)31(2)29-14)4-5-33(9)20(34)18-16-12(23)6-10(22)7-13(16)27-28-18/h6-9H,4-5H2,1-3H3,(H,27,28). The van der Waals surface area contributed by atoms with Crippen molar-refractivity contribution >= 4 is 16.8 Å². The molecule has 0 fully saturated rings. The Kier molecular flexibility index (Phi) is 4.78. The van der Waals surface area contributed by atoms with Gasteiger partial charge in [0.2, 0.25) is 0 Å². The molecule has 1 unspecified atom stereocenters. The number of nitrogens with one attached hydrogen (secondary N) is 1. The van der Waals surface area contributed by atoms with Crippen LogP contribution in [0.5, 0.6) is 0 Å². The molecule has 3 aromatic heterocycles. The first kappa shape index (κ1) is 22.0. The third-order valence-electron chi connectivity index (χ3n) is 6.10. The maximum absolute atomic E-state index is 14.4. The number of aromatic amines is 1. The zero-order valence-electron chi connectivity index (χ0n) is 18.2. The van der Waals surface area contributed by atoms with Crippen LogP contribution >= 0.6 is 0 Å². The second-order valence-corrected chi connectivity index (χ2v) is 8.18. The van der Waals surface area contributed by atoms with Crippen molar-refractivity contribution in [3.8, 4) is 11.4 Å². The number of hydrogen-bond donors (Lipinski definition) is 1. The van der Waals surface area contributed by atoms with Crippen molar-refractivity contribution in [3.05, 3.63) is 52.5 Å². The van der Waals surface area contributed by atoms with E-state index in [1.807, 2.05) is 0 Å². The fourth-order valence-corrected chi connectivity index (χ4v) is 4.56. The van der Waals surface area contributed by atoms with E-state index in [-0.39, 0.29) is 28.8 Å². The molecule has 0 bridgehead atoms. The Hall–Kier alpha value is -3.77. The van der Waals surface area contributed by atoms with Gasteiger partial charge in [0.05, 0.1) is 28.3 Å². The lowest BCUT2D eigenvalue weighted by atomic mass is 9.96.